The number of benzene rings is 2. The summed E-state index contributed by atoms with van der Waals surface area (Å²) in [5, 5.41) is 12.6. The van der Waals surface area contributed by atoms with Crippen molar-refractivity contribution < 1.29 is 19.4 Å². The molecule has 0 saturated heterocycles. The molecule has 0 aliphatic carbocycles. The molecule has 0 bridgehead atoms. The third kappa shape index (κ3) is 4.96. The molecule has 0 atom stereocenters. The minimum absolute atomic E-state index is 0.125. The largest absolute Gasteiger partial charge is 0.507 e. The van der Waals surface area contributed by atoms with Gasteiger partial charge in [-0.25, -0.2) is 0 Å². The van der Waals surface area contributed by atoms with Gasteiger partial charge in [-0.3, -0.25) is 9.59 Å². The number of nitrogens with zero attached hydrogens (tertiary/aromatic N) is 1. The number of hydrogen-bond acceptors (Lipinski definition) is 4. The Morgan fingerprint density at radius 3 is 2.68 bits per heavy atom. The van der Waals surface area contributed by atoms with Gasteiger partial charge < -0.3 is 20.1 Å². The summed E-state index contributed by atoms with van der Waals surface area (Å²) in [6.45, 7) is 1.97. The van der Waals surface area contributed by atoms with E-state index in [1.165, 1.54) is 17.0 Å². The second-order valence-corrected chi connectivity index (χ2v) is 6.18. The number of ether oxygens (including phenoxy) is 1. The summed E-state index contributed by atoms with van der Waals surface area (Å²) in [6, 6.07) is 11.6. The molecule has 0 aromatic heterocycles. The van der Waals surface area contributed by atoms with Crippen LogP contribution in [0.5, 0.6) is 11.5 Å². The van der Waals surface area contributed by atoms with Gasteiger partial charge in [0, 0.05) is 22.8 Å². The van der Waals surface area contributed by atoms with Gasteiger partial charge in [0.05, 0.1) is 12.7 Å². The molecule has 7 heteroatoms. The van der Waals surface area contributed by atoms with E-state index >= 15 is 0 Å². The molecule has 2 aromatic rings. The van der Waals surface area contributed by atoms with Gasteiger partial charge in [0.15, 0.2) is 0 Å². The van der Waals surface area contributed by atoms with Crippen LogP contribution < -0.4 is 10.1 Å². The Bertz CT molecular complexity index is 779. The van der Waals surface area contributed by atoms with Crippen LogP contribution in [0.3, 0.4) is 0 Å². The summed E-state index contributed by atoms with van der Waals surface area (Å²) in [6.07, 6.45) is 0. The number of likely N-dealkylation sites (N-methyl/N-ethyl adjacent to an activating group) is 1. The molecule has 6 nitrogen and oxygen atoms in total. The summed E-state index contributed by atoms with van der Waals surface area (Å²) < 4.78 is 5.78. The number of rotatable bonds is 6. The average molecular weight is 407 g/mol. The molecule has 0 unspecified atom stereocenters. The number of carbonyl (C=O) groups is 2. The van der Waals surface area contributed by atoms with E-state index in [2.05, 4.69) is 21.2 Å². The minimum atomic E-state index is -0.415. The Hall–Kier alpha value is -2.54. The first-order chi connectivity index (χ1) is 11.9. The van der Waals surface area contributed by atoms with Crippen molar-refractivity contribution in [3.63, 3.8) is 0 Å². The second kappa shape index (κ2) is 8.53. The molecule has 0 aliphatic heterocycles. The van der Waals surface area contributed by atoms with E-state index in [-0.39, 0.29) is 23.8 Å². The highest BCUT2D eigenvalue weighted by Crippen LogP contribution is 2.23. The van der Waals surface area contributed by atoms with Crippen LogP contribution in [0.1, 0.15) is 17.3 Å². The quantitative estimate of drug-likeness (QED) is 0.771. The highest BCUT2D eigenvalue weighted by molar-refractivity contribution is 9.10. The highest BCUT2D eigenvalue weighted by atomic mass is 79.9. The van der Waals surface area contributed by atoms with Crippen LogP contribution in [-0.4, -0.2) is 42.0 Å². The van der Waals surface area contributed by atoms with E-state index in [0.29, 0.717) is 22.5 Å². The lowest BCUT2D eigenvalue weighted by Gasteiger charge is -2.21. The molecule has 0 aliphatic rings. The molecular formula is C18H19BrN2O4. The number of anilines is 1. The van der Waals surface area contributed by atoms with Crippen molar-refractivity contribution in [2.75, 3.05) is 25.5 Å². The molecule has 0 heterocycles. The van der Waals surface area contributed by atoms with Gasteiger partial charge in [0.25, 0.3) is 5.91 Å². The summed E-state index contributed by atoms with van der Waals surface area (Å²) >= 11 is 3.27. The number of phenolic OH excluding ortho intramolecular Hbond substituents is 1. The molecule has 2 amide bonds. The van der Waals surface area contributed by atoms with Gasteiger partial charge in [0.2, 0.25) is 5.91 Å². The predicted octanol–water partition coefficient (Wildman–Crippen LogP) is 3.26. The first kappa shape index (κ1) is 18.8. The molecule has 0 radical (unpaired) electrons. The third-order valence-electron chi connectivity index (χ3n) is 3.55. The number of carbonyl (C=O) groups excluding carboxylic acids is 2. The zero-order valence-corrected chi connectivity index (χ0v) is 15.5. The minimum Gasteiger partial charge on any atom is -0.507 e. The standard InChI is InChI=1S/C18H19BrN2O4/c1-3-21(18(24)15-9-12(19)7-8-16(15)22)11-17(23)20-13-5-4-6-14(10-13)25-2/h4-10,22H,3,11H2,1-2H3,(H,20,23). The van der Waals surface area contributed by atoms with E-state index in [1.54, 1.807) is 44.4 Å². The Labute approximate surface area is 154 Å². The normalized spacial score (nSPS) is 10.2. The number of halogens is 1. The van der Waals surface area contributed by atoms with Crippen molar-refractivity contribution in [3.8, 4) is 11.5 Å². The lowest BCUT2D eigenvalue weighted by Crippen LogP contribution is -2.37. The third-order valence-corrected chi connectivity index (χ3v) is 4.04. The smallest absolute Gasteiger partial charge is 0.258 e. The van der Waals surface area contributed by atoms with E-state index in [0.717, 1.165) is 0 Å². The average Bonchev–Trinajstić information content (AvgIpc) is 2.61. The number of amides is 2. The van der Waals surface area contributed by atoms with Crippen LogP contribution >= 0.6 is 15.9 Å². The fourth-order valence-corrected chi connectivity index (χ4v) is 2.61. The van der Waals surface area contributed by atoms with Crippen LogP contribution in [0, 0.1) is 0 Å². The second-order valence-electron chi connectivity index (χ2n) is 5.26. The Morgan fingerprint density at radius 1 is 1.24 bits per heavy atom. The van der Waals surface area contributed by atoms with Crippen molar-refractivity contribution >= 4 is 33.4 Å². The van der Waals surface area contributed by atoms with Crippen molar-refractivity contribution in [2.24, 2.45) is 0 Å². The van der Waals surface area contributed by atoms with E-state index < -0.39 is 5.91 Å². The first-order valence-corrected chi connectivity index (χ1v) is 8.45. The SMILES string of the molecule is CCN(CC(=O)Nc1cccc(OC)c1)C(=O)c1cc(Br)ccc1O. The lowest BCUT2D eigenvalue weighted by atomic mass is 10.1. The van der Waals surface area contributed by atoms with E-state index in [1.807, 2.05) is 0 Å². The maximum atomic E-state index is 12.6. The van der Waals surface area contributed by atoms with Crippen LogP contribution in [0.25, 0.3) is 0 Å². The maximum absolute atomic E-state index is 12.6. The number of phenols is 1. The van der Waals surface area contributed by atoms with Gasteiger partial charge in [0.1, 0.15) is 18.0 Å². The molecule has 0 fully saturated rings. The zero-order valence-electron chi connectivity index (χ0n) is 14.0. The molecule has 2 rings (SSSR count). The van der Waals surface area contributed by atoms with Crippen LogP contribution in [0.2, 0.25) is 0 Å². The Balaban J connectivity index is 2.08. The fourth-order valence-electron chi connectivity index (χ4n) is 2.25. The molecule has 0 spiro atoms. The highest BCUT2D eigenvalue weighted by Gasteiger charge is 2.20. The summed E-state index contributed by atoms with van der Waals surface area (Å²) in [5.41, 5.74) is 0.726. The first-order valence-electron chi connectivity index (χ1n) is 7.66. The van der Waals surface area contributed by atoms with Crippen molar-refractivity contribution in [3.05, 3.63) is 52.5 Å². The van der Waals surface area contributed by atoms with Crippen LogP contribution in [-0.2, 0) is 4.79 Å². The van der Waals surface area contributed by atoms with Gasteiger partial charge in [-0.1, -0.05) is 22.0 Å². The van der Waals surface area contributed by atoms with Gasteiger partial charge >= 0.3 is 0 Å². The molecule has 132 valence electrons. The Kier molecular flexibility index (Phi) is 6.41. The van der Waals surface area contributed by atoms with Crippen LogP contribution in [0.15, 0.2) is 46.9 Å². The summed E-state index contributed by atoms with van der Waals surface area (Å²) in [4.78, 5) is 26.2. The number of aromatic hydroxyl groups is 1. The van der Waals surface area contributed by atoms with Gasteiger partial charge in [-0.2, -0.15) is 0 Å². The van der Waals surface area contributed by atoms with E-state index in [4.69, 9.17) is 4.74 Å². The molecule has 2 N–H and O–H groups in total. The van der Waals surface area contributed by atoms with Crippen LogP contribution in [0.4, 0.5) is 5.69 Å². The number of nitrogens with one attached hydrogen (secondary N) is 1. The molecule has 25 heavy (non-hydrogen) atoms. The lowest BCUT2D eigenvalue weighted by molar-refractivity contribution is -0.116. The van der Waals surface area contributed by atoms with Gasteiger partial charge in [-0.05, 0) is 37.3 Å². The monoisotopic (exact) mass is 406 g/mol. The number of hydrogen-bond donors (Lipinski definition) is 2. The maximum Gasteiger partial charge on any atom is 0.258 e. The van der Waals surface area contributed by atoms with E-state index in [9.17, 15) is 14.7 Å². The Morgan fingerprint density at radius 2 is 2.00 bits per heavy atom. The van der Waals surface area contributed by atoms with Crippen molar-refractivity contribution in [1.82, 2.24) is 4.90 Å². The van der Waals surface area contributed by atoms with Crippen molar-refractivity contribution in [2.45, 2.75) is 6.92 Å². The van der Waals surface area contributed by atoms with Gasteiger partial charge in [-0.15, -0.1) is 0 Å². The van der Waals surface area contributed by atoms with Crippen molar-refractivity contribution in [1.29, 1.82) is 0 Å². The topological polar surface area (TPSA) is 78.9 Å². The molecular weight excluding hydrogens is 388 g/mol. The number of methoxy groups -OCH3 is 1. The summed E-state index contributed by atoms with van der Waals surface area (Å²) in [7, 11) is 1.54. The fraction of sp³-hybridized carbons (Fsp3) is 0.222. The molecule has 2 aromatic carbocycles. The zero-order chi connectivity index (χ0) is 18.4. The molecule has 0 saturated carbocycles. The summed E-state index contributed by atoms with van der Waals surface area (Å²) in [5.74, 6) is -0.250. The predicted molar refractivity (Wildman–Crippen MR) is 99.0 cm³/mol.